The number of piperidine rings is 1. The second-order valence-corrected chi connectivity index (χ2v) is 9.59. The molecule has 5 nitrogen and oxygen atoms in total. The molecule has 0 spiro atoms. The lowest BCUT2D eigenvalue weighted by Crippen LogP contribution is -2.46. The van der Waals surface area contributed by atoms with Gasteiger partial charge in [-0.15, -0.1) is 11.3 Å². The van der Waals surface area contributed by atoms with Crippen molar-refractivity contribution in [2.45, 2.75) is 25.4 Å². The second kappa shape index (κ2) is 8.88. The van der Waals surface area contributed by atoms with E-state index in [9.17, 15) is 9.59 Å². The van der Waals surface area contributed by atoms with E-state index in [1.165, 1.54) is 11.3 Å². The summed E-state index contributed by atoms with van der Waals surface area (Å²) in [6.07, 6.45) is 4.65. The third-order valence-electron chi connectivity index (χ3n) is 6.44. The van der Waals surface area contributed by atoms with Crippen LogP contribution in [0.2, 0.25) is 0 Å². The lowest BCUT2D eigenvalue weighted by atomic mass is 9.83. The normalized spacial score (nSPS) is 20.3. The van der Waals surface area contributed by atoms with Crippen LogP contribution in [0.25, 0.3) is 6.08 Å². The molecule has 0 aliphatic carbocycles. The van der Waals surface area contributed by atoms with E-state index in [2.05, 4.69) is 17.0 Å². The van der Waals surface area contributed by atoms with E-state index >= 15 is 0 Å². The van der Waals surface area contributed by atoms with Crippen molar-refractivity contribution in [3.8, 4) is 5.75 Å². The first-order valence-corrected chi connectivity index (χ1v) is 11.8. The van der Waals surface area contributed by atoms with Crippen molar-refractivity contribution in [2.75, 3.05) is 20.2 Å². The van der Waals surface area contributed by atoms with Gasteiger partial charge in [-0.05, 0) is 53.6 Å². The van der Waals surface area contributed by atoms with Gasteiger partial charge in [-0.1, -0.05) is 24.3 Å². The number of thiophene rings is 1. The van der Waals surface area contributed by atoms with Crippen molar-refractivity contribution in [3.63, 3.8) is 0 Å². The zero-order valence-electron chi connectivity index (χ0n) is 18.1. The number of hydrogen-bond acceptors (Lipinski definition) is 5. The fraction of sp³-hybridized carbons (Fsp3) is 0.308. The SMILES string of the molecule is COc1ccc(/C=C/C(=O)c2cccs2)cc1CN1C[C@H]2C[C@@H](C1)c1cccc(=O)n1C2. The quantitative estimate of drug-likeness (QED) is 0.415. The van der Waals surface area contributed by atoms with E-state index in [1.807, 2.05) is 46.4 Å². The van der Waals surface area contributed by atoms with Gasteiger partial charge in [0.15, 0.2) is 5.78 Å². The second-order valence-electron chi connectivity index (χ2n) is 8.64. The Labute approximate surface area is 191 Å². The number of pyridine rings is 1. The number of allylic oxidation sites excluding steroid dienone is 1. The van der Waals surface area contributed by atoms with E-state index in [0.29, 0.717) is 11.8 Å². The maximum Gasteiger partial charge on any atom is 0.250 e. The van der Waals surface area contributed by atoms with Crippen LogP contribution in [0.5, 0.6) is 5.75 Å². The number of hydrogen-bond donors (Lipinski definition) is 0. The Bertz CT molecular complexity index is 1210. The molecule has 4 heterocycles. The van der Waals surface area contributed by atoms with Crippen LogP contribution in [0.15, 0.2) is 64.8 Å². The van der Waals surface area contributed by atoms with Crippen LogP contribution in [0.3, 0.4) is 0 Å². The van der Waals surface area contributed by atoms with Crippen LogP contribution in [0, 0.1) is 5.92 Å². The summed E-state index contributed by atoms with van der Waals surface area (Å²) in [6, 6.07) is 15.4. The van der Waals surface area contributed by atoms with E-state index in [4.69, 9.17) is 4.74 Å². The molecule has 0 radical (unpaired) electrons. The average molecular weight is 447 g/mol. The van der Waals surface area contributed by atoms with E-state index < -0.39 is 0 Å². The molecule has 164 valence electrons. The molecule has 1 aromatic carbocycles. The number of methoxy groups -OCH3 is 1. The molecule has 2 aliphatic heterocycles. The van der Waals surface area contributed by atoms with Gasteiger partial charge >= 0.3 is 0 Å². The zero-order chi connectivity index (χ0) is 22.1. The Morgan fingerprint density at radius 1 is 1.16 bits per heavy atom. The summed E-state index contributed by atoms with van der Waals surface area (Å²) < 4.78 is 7.60. The van der Waals surface area contributed by atoms with Crippen molar-refractivity contribution in [1.29, 1.82) is 0 Å². The molecule has 2 aromatic heterocycles. The molecule has 0 saturated carbocycles. The fourth-order valence-corrected chi connectivity index (χ4v) is 5.71. The minimum absolute atomic E-state index is 0.0233. The number of ether oxygens (including phenoxy) is 1. The molecule has 0 unspecified atom stereocenters. The standard InChI is InChI=1S/C26H26N2O3S/c1-31-24-10-8-18(7-9-23(29)25-5-3-11-32-25)12-21(24)17-27-14-19-13-20(16-27)22-4-2-6-26(30)28(22)15-19/h2-12,19-20H,13-17H2,1H3/b9-7+/t19-,20+/m1/s1. The molecule has 0 amide bonds. The van der Waals surface area contributed by atoms with E-state index in [0.717, 1.165) is 60.0 Å². The summed E-state index contributed by atoms with van der Waals surface area (Å²) in [5.74, 6) is 1.75. The van der Waals surface area contributed by atoms with Crippen molar-refractivity contribution in [2.24, 2.45) is 5.92 Å². The van der Waals surface area contributed by atoms with Gasteiger partial charge in [0.2, 0.25) is 0 Å². The Morgan fingerprint density at radius 2 is 2.06 bits per heavy atom. The van der Waals surface area contributed by atoms with Crippen LogP contribution >= 0.6 is 11.3 Å². The Kier molecular flexibility index (Phi) is 5.81. The summed E-state index contributed by atoms with van der Waals surface area (Å²) in [5.41, 5.74) is 3.38. The molecule has 6 heteroatoms. The number of nitrogens with zero attached hydrogens (tertiary/aromatic N) is 2. The van der Waals surface area contributed by atoms with Crippen LogP contribution in [-0.2, 0) is 13.1 Å². The van der Waals surface area contributed by atoms with Crippen molar-refractivity contribution in [1.82, 2.24) is 9.47 Å². The predicted octanol–water partition coefficient (Wildman–Crippen LogP) is 4.43. The summed E-state index contributed by atoms with van der Waals surface area (Å²) >= 11 is 1.45. The molecule has 1 saturated heterocycles. The highest BCUT2D eigenvalue weighted by atomic mass is 32.1. The molecular weight excluding hydrogens is 420 g/mol. The number of likely N-dealkylation sites (tertiary alicyclic amines) is 1. The molecule has 3 aromatic rings. The molecule has 1 fully saturated rings. The number of ketones is 1. The Hall–Kier alpha value is -2.96. The van der Waals surface area contributed by atoms with Gasteiger partial charge in [0.1, 0.15) is 5.75 Å². The van der Waals surface area contributed by atoms with E-state index in [-0.39, 0.29) is 11.3 Å². The molecule has 0 N–H and O–H groups in total. The smallest absolute Gasteiger partial charge is 0.250 e. The summed E-state index contributed by atoms with van der Waals surface area (Å²) in [6.45, 7) is 3.48. The lowest BCUT2D eigenvalue weighted by Gasteiger charge is -2.43. The minimum atomic E-state index is 0.0233. The highest BCUT2D eigenvalue weighted by Gasteiger charge is 2.34. The number of benzene rings is 1. The third-order valence-corrected chi connectivity index (χ3v) is 7.33. The Morgan fingerprint density at radius 3 is 2.88 bits per heavy atom. The van der Waals surface area contributed by atoms with Crippen LogP contribution in [0.1, 0.15) is 38.8 Å². The maximum absolute atomic E-state index is 12.3. The summed E-state index contributed by atoms with van der Waals surface area (Å²) in [7, 11) is 1.70. The third kappa shape index (κ3) is 4.20. The molecule has 5 rings (SSSR count). The van der Waals surface area contributed by atoms with Gasteiger partial charge in [-0.25, -0.2) is 0 Å². The van der Waals surface area contributed by atoms with Gasteiger partial charge in [-0.3, -0.25) is 14.5 Å². The van der Waals surface area contributed by atoms with Crippen molar-refractivity contribution < 1.29 is 9.53 Å². The van der Waals surface area contributed by atoms with Crippen LogP contribution < -0.4 is 10.3 Å². The topological polar surface area (TPSA) is 51.5 Å². The molecule has 2 bridgehead atoms. The summed E-state index contributed by atoms with van der Waals surface area (Å²) in [5, 5.41) is 1.91. The van der Waals surface area contributed by atoms with Gasteiger partial charge in [0.05, 0.1) is 12.0 Å². The Balaban J connectivity index is 1.34. The molecule has 32 heavy (non-hydrogen) atoms. The number of carbonyl (C=O) groups excluding carboxylic acids is 1. The number of aromatic nitrogens is 1. The van der Waals surface area contributed by atoms with Crippen molar-refractivity contribution in [3.05, 3.63) is 92.0 Å². The van der Waals surface area contributed by atoms with Gasteiger partial charge in [-0.2, -0.15) is 0 Å². The zero-order valence-corrected chi connectivity index (χ0v) is 18.9. The first-order valence-electron chi connectivity index (χ1n) is 11.0. The molecule has 2 atom stereocenters. The van der Waals surface area contributed by atoms with Gasteiger partial charge in [0, 0.05) is 49.4 Å². The largest absolute Gasteiger partial charge is 0.496 e. The van der Waals surface area contributed by atoms with Crippen molar-refractivity contribution >= 4 is 23.2 Å². The summed E-state index contributed by atoms with van der Waals surface area (Å²) in [4.78, 5) is 27.8. The maximum atomic E-state index is 12.3. The molecule has 2 aliphatic rings. The number of rotatable bonds is 6. The highest BCUT2D eigenvalue weighted by molar-refractivity contribution is 7.12. The predicted molar refractivity (Wildman–Crippen MR) is 128 cm³/mol. The minimum Gasteiger partial charge on any atom is -0.496 e. The number of fused-ring (bicyclic) bond motifs is 4. The highest BCUT2D eigenvalue weighted by Crippen LogP contribution is 2.36. The average Bonchev–Trinajstić information content (AvgIpc) is 3.33. The first-order chi connectivity index (χ1) is 15.6. The van der Waals surface area contributed by atoms with Crippen LogP contribution in [0.4, 0.5) is 0 Å². The molecular formula is C26H26N2O3S. The fourth-order valence-electron chi connectivity index (χ4n) is 5.06. The monoisotopic (exact) mass is 446 g/mol. The number of carbonyl (C=O) groups is 1. The van der Waals surface area contributed by atoms with Gasteiger partial charge in [0.25, 0.3) is 5.56 Å². The van der Waals surface area contributed by atoms with E-state index in [1.54, 1.807) is 19.3 Å². The van der Waals surface area contributed by atoms with Crippen LogP contribution in [-0.4, -0.2) is 35.4 Å². The lowest BCUT2D eigenvalue weighted by molar-refractivity contribution is 0.105. The first kappa shape index (κ1) is 20.9. The van der Waals surface area contributed by atoms with Gasteiger partial charge < -0.3 is 9.30 Å².